The fraction of sp³-hybridized carbons (Fsp3) is 0.500. The number of aromatic nitrogens is 1. The van der Waals surface area contributed by atoms with E-state index >= 15 is 0 Å². The summed E-state index contributed by atoms with van der Waals surface area (Å²) in [5, 5.41) is 2.22. The molecule has 1 rings (SSSR count). The van der Waals surface area contributed by atoms with Crippen molar-refractivity contribution in [2.24, 2.45) is 0 Å². The van der Waals surface area contributed by atoms with Gasteiger partial charge in [0.2, 0.25) is 0 Å². The zero-order chi connectivity index (χ0) is 6.85. The minimum Gasteiger partial charge on any atom is -0.387 e. The maximum atomic E-state index is 10.7. The predicted molar refractivity (Wildman–Crippen MR) is 33.4 cm³/mol. The highest BCUT2D eigenvalue weighted by Gasteiger charge is 2.04. The molecule has 0 saturated carbocycles. The van der Waals surface area contributed by atoms with Gasteiger partial charge in [-0.1, -0.05) is 13.8 Å². The van der Waals surface area contributed by atoms with Crippen molar-refractivity contribution in [3.63, 3.8) is 0 Å². The summed E-state index contributed by atoms with van der Waals surface area (Å²) in [5.41, 5.74) is 0.583. The van der Waals surface area contributed by atoms with Crippen LogP contribution in [0.4, 0.5) is 0 Å². The number of rotatable bonds is 1. The van der Waals surface area contributed by atoms with Crippen LogP contribution in [0.3, 0.4) is 0 Å². The Morgan fingerprint density at radius 3 is 2.56 bits per heavy atom. The van der Waals surface area contributed by atoms with Crippen molar-refractivity contribution < 1.29 is 4.52 Å². The summed E-state index contributed by atoms with van der Waals surface area (Å²) in [6.45, 7) is 3.89. The molecular weight excluding hydrogens is 118 g/mol. The molecular formula is C6H9NO2. The highest BCUT2D eigenvalue weighted by Crippen LogP contribution is 2.06. The molecule has 0 amide bonds. The number of nitrogens with one attached hydrogen (secondary N) is 1. The Morgan fingerprint density at radius 1 is 1.67 bits per heavy atom. The average molecular weight is 127 g/mol. The first kappa shape index (κ1) is 6.13. The Hall–Kier alpha value is -0.990. The van der Waals surface area contributed by atoms with Gasteiger partial charge in [-0.2, -0.15) is 5.16 Å². The lowest BCUT2D eigenvalue weighted by Gasteiger charge is -1.92. The van der Waals surface area contributed by atoms with Crippen molar-refractivity contribution in [3.8, 4) is 0 Å². The van der Waals surface area contributed by atoms with Gasteiger partial charge in [-0.3, -0.25) is 4.79 Å². The quantitative estimate of drug-likeness (QED) is 0.613. The van der Waals surface area contributed by atoms with E-state index in [1.807, 2.05) is 13.8 Å². The Kier molecular flexibility index (Phi) is 1.42. The van der Waals surface area contributed by atoms with Crippen molar-refractivity contribution >= 4 is 0 Å². The molecule has 0 aromatic carbocycles. The van der Waals surface area contributed by atoms with Gasteiger partial charge in [0.25, 0.3) is 5.56 Å². The van der Waals surface area contributed by atoms with Crippen LogP contribution in [0, 0.1) is 0 Å². The summed E-state index contributed by atoms with van der Waals surface area (Å²) in [4.78, 5) is 10.7. The standard InChI is InChI=1S/C6H9NO2/c1-4(2)5-3-9-7-6(5)8/h3-4H,1-2H3,(H,7,8). The molecule has 0 spiro atoms. The van der Waals surface area contributed by atoms with Crippen molar-refractivity contribution in [1.29, 1.82) is 0 Å². The highest BCUT2D eigenvalue weighted by molar-refractivity contribution is 5.05. The van der Waals surface area contributed by atoms with E-state index in [0.29, 0.717) is 5.56 Å². The Balaban J connectivity index is 3.08. The monoisotopic (exact) mass is 127 g/mol. The van der Waals surface area contributed by atoms with Crippen LogP contribution in [-0.4, -0.2) is 5.16 Å². The molecule has 0 aliphatic heterocycles. The molecule has 0 saturated heterocycles. The van der Waals surface area contributed by atoms with Gasteiger partial charge in [0.1, 0.15) is 6.26 Å². The van der Waals surface area contributed by atoms with Crippen LogP contribution in [0.2, 0.25) is 0 Å². The first-order valence-electron chi connectivity index (χ1n) is 2.88. The molecule has 0 bridgehead atoms. The first-order valence-corrected chi connectivity index (χ1v) is 2.88. The molecule has 1 aromatic rings. The zero-order valence-corrected chi connectivity index (χ0v) is 5.47. The molecule has 1 aromatic heterocycles. The molecule has 9 heavy (non-hydrogen) atoms. The topological polar surface area (TPSA) is 46.0 Å². The third kappa shape index (κ3) is 1.04. The molecule has 50 valence electrons. The van der Waals surface area contributed by atoms with Gasteiger partial charge in [-0.05, 0) is 5.92 Å². The SMILES string of the molecule is CC(C)c1co[nH]c1=O. The molecule has 3 nitrogen and oxygen atoms in total. The average Bonchev–Trinajstić information content (AvgIpc) is 2.13. The molecule has 0 radical (unpaired) electrons. The van der Waals surface area contributed by atoms with Crippen molar-refractivity contribution in [2.45, 2.75) is 19.8 Å². The second-order valence-corrected chi connectivity index (χ2v) is 2.28. The minimum atomic E-state index is -0.120. The van der Waals surface area contributed by atoms with Crippen LogP contribution >= 0.6 is 0 Å². The van der Waals surface area contributed by atoms with Gasteiger partial charge in [-0.15, -0.1) is 0 Å². The fourth-order valence-electron chi connectivity index (χ4n) is 0.657. The molecule has 0 aliphatic rings. The van der Waals surface area contributed by atoms with Crippen LogP contribution in [-0.2, 0) is 0 Å². The van der Waals surface area contributed by atoms with E-state index in [1.54, 1.807) is 0 Å². The van der Waals surface area contributed by atoms with Crippen molar-refractivity contribution in [2.75, 3.05) is 0 Å². The number of aromatic amines is 1. The van der Waals surface area contributed by atoms with Crippen LogP contribution in [0.1, 0.15) is 25.3 Å². The summed E-state index contributed by atoms with van der Waals surface area (Å²) in [7, 11) is 0. The van der Waals surface area contributed by atoms with E-state index in [-0.39, 0.29) is 11.5 Å². The predicted octanol–water partition coefficient (Wildman–Crippen LogP) is 1.09. The lowest BCUT2D eigenvalue weighted by molar-refractivity contribution is 0.413. The van der Waals surface area contributed by atoms with Crippen molar-refractivity contribution in [1.82, 2.24) is 5.16 Å². The molecule has 1 heterocycles. The molecule has 1 N–H and O–H groups in total. The smallest absolute Gasteiger partial charge is 0.283 e. The molecule has 0 unspecified atom stereocenters. The number of hydrogen-bond acceptors (Lipinski definition) is 2. The van der Waals surface area contributed by atoms with Crippen LogP contribution in [0.5, 0.6) is 0 Å². The van der Waals surface area contributed by atoms with E-state index in [2.05, 4.69) is 9.68 Å². The van der Waals surface area contributed by atoms with Gasteiger partial charge in [0.05, 0.1) is 5.56 Å². The van der Waals surface area contributed by atoms with Gasteiger partial charge < -0.3 is 4.52 Å². The van der Waals surface area contributed by atoms with E-state index in [9.17, 15) is 4.79 Å². The zero-order valence-electron chi connectivity index (χ0n) is 5.47. The van der Waals surface area contributed by atoms with Gasteiger partial charge >= 0.3 is 0 Å². The maximum absolute atomic E-state index is 10.7. The van der Waals surface area contributed by atoms with Gasteiger partial charge in [-0.25, -0.2) is 0 Å². The van der Waals surface area contributed by atoms with Crippen LogP contribution in [0.25, 0.3) is 0 Å². The number of H-pyrrole nitrogens is 1. The number of hydrogen-bond donors (Lipinski definition) is 1. The minimum absolute atomic E-state index is 0.120. The van der Waals surface area contributed by atoms with E-state index in [1.165, 1.54) is 6.26 Å². The molecule has 0 fully saturated rings. The first-order chi connectivity index (χ1) is 4.22. The van der Waals surface area contributed by atoms with E-state index in [4.69, 9.17) is 0 Å². The second-order valence-electron chi connectivity index (χ2n) is 2.28. The van der Waals surface area contributed by atoms with Crippen LogP contribution < -0.4 is 5.56 Å². The third-order valence-corrected chi connectivity index (χ3v) is 1.22. The Morgan fingerprint density at radius 2 is 2.33 bits per heavy atom. The highest BCUT2D eigenvalue weighted by atomic mass is 16.5. The van der Waals surface area contributed by atoms with Crippen molar-refractivity contribution in [3.05, 3.63) is 22.2 Å². The lowest BCUT2D eigenvalue weighted by Crippen LogP contribution is -2.05. The normalized spacial score (nSPS) is 10.6. The lowest BCUT2D eigenvalue weighted by atomic mass is 10.1. The Labute approximate surface area is 52.7 Å². The molecule has 0 atom stereocenters. The van der Waals surface area contributed by atoms with E-state index < -0.39 is 0 Å². The van der Waals surface area contributed by atoms with Gasteiger partial charge in [0.15, 0.2) is 0 Å². The second kappa shape index (κ2) is 2.09. The van der Waals surface area contributed by atoms with Crippen LogP contribution in [0.15, 0.2) is 15.6 Å². The largest absolute Gasteiger partial charge is 0.387 e. The fourth-order valence-corrected chi connectivity index (χ4v) is 0.657. The maximum Gasteiger partial charge on any atom is 0.283 e. The molecule has 3 heteroatoms. The summed E-state index contributed by atoms with van der Waals surface area (Å²) < 4.78 is 4.57. The van der Waals surface area contributed by atoms with E-state index in [0.717, 1.165) is 0 Å². The Bertz CT molecular complexity index is 233. The summed E-state index contributed by atoms with van der Waals surface area (Å²) in [6.07, 6.45) is 1.45. The summed E-state index contributed by atoms with van der Waals surface area (Å²) in [6, 6.07) is 0. The van der Waals surface area contributed by atoms with Gasteiger partial charge in [0, 0.05) is 0 Å². The molecule has 0 aliphatic carbocycles. The third-order valence-electron chi connectivity index (χ3n) is 1.22. The summed E-state index contributed by atoms with van der Waals surface area (Å²) >= 11 is 0. The summed E-state index contributed by atoms with van der Waals surface area (Å²) in [5.74, 6) is 0.243.